The molecule has 2 aromatic rings. The van der Waals surface area contributed by atoms with Crippen LogP contribution < -0.4 is 5.76 Å². The molecule has 0 aliphatic heterocycles. The van der Waals surface area contributed by atoms with E-state index in [9.17, 15) is 4.79 Å². The number of ether oxygens (including phenoxy) is 1. The maximum absolute atomic E-state index is 11.0. The van der Waals surface area contributed by atoms with Crippen LogP contribution in [0.5, 0.6) is 0 Å². The van der Waals surface area contributed by atoms with E-state index in [0.717, 1.165) is 14.9 Å². The zero-order valence-electron chi connectivity index (χ0n) is 13.1. The van der Waals surface area contributed by atoms with Crippen LogP contribution in [-0.4, -0.2) is 34.5 Å². The fourth-order valence-electron chi connectivity index (χ4n) is 1.38. The standard InChI is InChI=1S/C7H5BrN2O2.C4H7O.3CH3.Sn/c1-10-6-5(12-7(10)11)2-4(8)3-9-6;1-3-5-4-2;;;;/h2-3H,1H3;1,4H2,2H3;3*1H3;. The first-order valence-corrected chi connectivity index (χ1v) is 17.4. The van der Waals surface area contributed by atoms with Crippen molar-refractivity contribution >= 4 is 45.5 Å². The molecule has 2 heterocycles. The SMILES string of the molecule is C=[C](OCC)[Sn]([CH3])([CH3])[CH3].Cn1c(=O)oc2cc(Br)cnc21. The average molecular weight is 464 g/mol. The van der Waals surface area contributed by atoms with Crippen LogP contribution in [0.2, 0.25) is 14.8 Å². The molecule has 0 bridgehead atoms. The molecule has 0 N–H and O–H groups in total. The van der Waals surface area contributed by atoms with Gasteiger partial charge in [-0.1, -0.05) is 0 Å². The van der Waals surface area contributed by atoms with Crippen LogP contribution in [0.3, 0.4) is 0 Å². The third-order valence-corrected chi connectivity index (χ3v) is 8.36. The fraction of sp³-hybridized carbons (Fsp3) is 0.429. The van der Waals surface area contributed by atoms with Gasteiger partial charge in [-0.05, 0) is 15.9 Å². The topological polar surface area (TPSA) is 57.3 Å². The second-order valence-corrected chi connectivity index (χ2v) is 20.9. The molecule has 2 rings (SSSR count). The molecule has 5 nitrogen and oxygen atoms in total. The minimum Gasteiger partial charge on any atom is -0.406 e. The Bertz CT molecular complexity index is 686. The summed E-state index contributed by atoms with van der Waals surface area (Å²) in [7, 11) is 1.62. The Balaban J connectivity index is 0.000000222. The maximum atomic E-state index is 11.0. The Morgan fingerprint density at radius 3 is 2.62 bits per heavy atom. The van der Waals surface area contributed by atoms with E-state index in [1.54, 1.807) is 19.3 Å². The summed E-state index contributed by atoms with van der Waals surface area (Å²) in [5, 5.41) is 0. The van der Waals surface area contributed by atoms with E-state index in [1.807, 2.05) is 6.92 Å². The average Bonchev–Trinajstić information content (AvgIpc) is 2.64. The molecule has 0 aliphatic rings. The van der Waals surface area contributed by atoms with E-state index < -0.39 is 24.1 Å². The molecule has 0 unspecified atom stereocenters. The van der Waals surface area contributed by atoms with Crippen LogP contribution >= 0.6 is 15.9 Å². The number of halogens is 1. The van der Waals surface area contributed by atoms with Crippen molar-refractivity contribution in [1.82, 2.24) is 9.55 Å². The van der Waals surface area contributed by atoms with Crippen LogP contribution in [0.4, 0.5) is 0 Å². The van der Waals surface area contributed by atoms with Gasteiger partial charge < -0.3 is 4.42 Å². The first kappa shape index (κ1) is 18.3. The van der Waals surface area contributed by atoms with E-state index in [4.69, 9.17) is 9.15 Å². The number of aryl methyl sites for hydroxylation is 1. The molecule has 0 amide bonds. The van der Waals surface area contributed by atoms with Crippen molar-refractivity contribution in [3.63, 3.8) is 0 Å². The Labute approximate surface area is 137 Å². The van der Waals surface area contributed by atoms with Crippen molar-refractivity contribution in [2.24, 2.45) is 7.05 Å². The summed E-state index contributed by atoms with van der Waals surface area (Å²) in [6, 6.07) is 1.71. The zero-order chi connectivity index (χ0) is 16.2. The second kappa shape index (κ2) is 7.49. The second-order valence-electron chi connectivity index (χ2n) is 5.51. The van der Waals surface area contributed by atoms with Crippen LogP contribution in [0.25, 0.3) is 11.2 Å². The number of fused-ring (bicyclic) bond motifs is 1. The molecule has 0 aromatic carbocycles. The van der Waals surface area contributed by atoms with Gasteiger partial charge in [0.15, 0.2) is 11.2 Å². The van der Waals surface area contributed by atoms with Crippen molar-refractivity contribution in [2.45, 2.75) is 21.7 Å². The van der Waals surface area contributed by atoms with Gasteiger partial charge in [-0.2, -0.15) is 0 Å². The third kappa shape index (κ3) is 5.17. The summed E-state index contributed by atoms with van der Waals surface area (Å²) in [6.07, 6.45) is 1.62. The Kier molecular flexibility index (Phi) is 6.52. The van der Waals surface area contributed by atoms with Crippen LogP contribution in [0.1, 0.15) is 6.92 Å². The predicted molar refractivity (Wildman–Crippen MR) is 91.1 cm³/mol. The third-order valence-electron chi connectivity index (χ3n) is 2.74. The van der Waals surface area contributed by atoms with Crippen molar-refractivity contribution in [3.05, 3.63) is 37.6 Å². The van der Waals surface area contributed by atoms with E-state index in [2.05, 4.69) is 42.3 Å². The normalized spacial score (nSPS) is 11.0. The zero-order valence-corrected chi connectivity index (χ0v) is 17.5. The Morgan fingerprint density at radius 1 is 1.52 bits per heavy atom. The quantitative estimate of drug-likeness (QED) is 0.514. The molecule has 21 heavy (non-hydrogen) atoms. The van der Waals surface area contributed by atoms with Gasteiger partial charge in [0.25, 0.3) is 0 Å². The van der Waals surface area contributed by atoms with Crippen LogP contribution in [-0.2, 0) is 11.8 Å². The number of hydrogen-bond donors (Lipinski definition) is 0. The van der Waals surface area contributed by atoms with E-state index in [1.165, 1.54) is 4.57 Å². The van der Waals surface area contributed by atoms with Gasteiger partial charge in [0, 0.05) is 23.8 Å². The van der Waals surface area contributed by atoms with Gasteiger partial charge in [-0.3, -0.25) is 4.57 Å². The molecule has 0 aliphatic carbocycles. The van der Waals surface area contributed by atoms with Crippen LogP contribution in [0, 0.1) is 0 Å². The number of hydrogen-bond acceptors (Lipinski definition) is 4. The molecule has 0 radical (unpaired) electrons. The van der Waals surface area contributed by atoms with E-state index in [0.29, 0.717) is 11.2 Å². The van der Waals surface area contributed by atoms with Gasteiger partial charge in [0.05, 0.1) is 0 Å². The largest absolute Gasteiger partial charge is 0.420 e. The number of rotatable bonds is 3. The van der Waals surface area contributed by atoms with Crippen molar-refractivity contribution in [3.8, 4) is 0 Å². The molecule has 0 atom stereocenters. The minimum atomic E-state index is -1.86. The van der Waals surface area contributed by atoms with Gasteiger partial charge in [0.1, 0.15) is 0 Å². The molecular formula is C14H21BrN2O3Sn. The van der Waals surface area contributed by atoms with Gasteiger partial charge in [0.2, 0.25) is 0 Å². The number of aromatic nitrogens is 2. The molecule has 0 fully saturated rings. The van der Waals surface area contributed by atoms with Crippen molar-refractivity contribution < 1.29 is 9.15 Å². The first-order valence-electron chi connectivity index (χ1n) is 6.60. The van der Waals surface area contributed by atoms with Gasteiger partial charge >= 0.3 is 67.6 Å². The number of nitrogens with zero attached hydrogens (tertiary/aromatic N) is 2. The molecular weight excluding hydrogens is 443 g/mol. The number of pyridine rings is 1. The van der Waals surface area contributed by atoms with Gasteiger partial charge in [-0.15, -0.1) is 0 Å². The predicted octanol–water partition coefficient (Wildman–Crippen LogP) is 3.70. The number of oxazole rings is 1. The molecule has 116 valence electrons. The van der Waals surface area contributed by atoms with E-state index in [-0.39, 0.29) is 0 Å². The maximum Gasteiger partial charge on any atom is 0.420 e. The summed E-state index contributed by atoms with van der Waals surface area (Å²) < 4.78 is 13.4. The molecule has 0 saturated carbocycles. The van der Waals surface area contributed by atoms with Crippen molar-refractivity contribution in [1.29, 1.82) is 0 Å². The fourth-order valence-corrected chi connectivity index (χ4v) is 3.34. The Hall–Kier alpha value is -0.761. The summed E-state index contributed by atoms with van der Waals surface area (Å²) in [4.78, 5) is 21.9. The van der Waals surface area contributed by atoms with Gasteiger partial charge in [-0.25, -0.2) is 9.78 Å². The first-order chi connectivity index (χ1) is 9.66. The smallest absolute Gasteiger partial charge is 0.406 e. The monoisotopic (exact) mass is 464 g/mol. The molecule has 0 spiro atoms. The summed E-state index contributed by atoms with van der Waals surface area (Å²) in [5.41, 5.74) is 1.06. The summed E-state index contributed by atoms with van der Waals surface area (Å²) >= 11 is 1.37. The Morgan fingerprint density at radius 2 is 2.14 bits per heavy atom. The molecule has 7 heteroatoms. The van der Waals surface area contributed by atoms with Crippen molar-refractivity contribution in [2.75, 3.05) is 6.61 Å². The summed E-state index contributed by atoms with van der Waals surface area (Å²) in [6.45, 7) is 6.66. The molecule has 0 saturated heterocycles. The minimum absolute atomic E-state index is 0.393. The van der Waals surface area contributed by atoms with Crippen LogP contribution in [0.15, 0.2) is 36.3 Å². The molecule has 2 aromatic heterocycles. The van der Waals surface area contributed by atoms with E-state index >= 15 is 0 Å². The summed E-state index contributed by atoms with van der Waals surface area (Å²) in [5.74, 6) is -0.393.